The van der Waals surface area contributed by atoms with Crippen LogP contribution < -0.4 is 25.4 Å². The molecule has 8 heteroatoms. The van der Waals surface area contributed by atoms with Crippen LogP contribution in [0.5, 0.6) is 11.5 Å². The van der Waals surface area contributed by atoms with Crippen molar-refractivity contribution in [2.75, 3.05) is 30.2 Å². The maximum absolute atomic E-state index is 12.0. The average Bonchev–Trinajstić information content (AvgIpc) is 2.68. The zero-order valence-electron chi connectivity index (χ0n) is 15.2. The van der Waals surface area contributed by atoms with Crippen LogP contribution in [0.1, 0.15) is 6.92 Å². The van der Waals surface area contributed by atoms with Crippen LogP contribution in [0.4, 0.5) is 22.9 Å². The Morgan fingerprint density at radius 3 is 2.63 bits per heavy atom. The number of amides is 1. The molecule has 138 valence electrons. The quantitative estimate of drug-likeness (QED) is 0.653. The summed E-state index contributed by atoms with van der Waals surface area (Å²) in [5.41, 5.74) is 3.10. The Labute approximate surface area is 155 Å². The SMILES string of the molecule is COc1ccc(Nc2ncnc3cc4c(cc23)NC(=O)[C@H](C)N4)cc1OC. The van der Waals surface area contributed by atoms with E-state index < -0.39 is 0 Å². The van der Waals surface area contributed by atoms with E-state index in [0.717, 1.165) is 22.3 Å². The molecule has 0 spiro atoms. The number of hydrogen-bond donors (Lipinski definition) is 3. The van der Waals surface area contributed by atoms with Crippen LogP contribution >= 0.6 is 0 Å². The van der Waals surface area contributed by atoms with Crippen molar-refractivity contribution < 1.29 is 14.3 Å². The molecule has 1 amide bonds. The molecule has 0 saturated heterocycles. The van der Waals surface area contributed by atoms with E-state index in [1.165, 1.54) is 6.33 Å². The molecule has 0 unspecified atom stereocenters. The minimum Gasteiger partial charge on any atom is -0.493 e. The summed E-state index contributed by atoms with van der Waals surface area (Å²) in [7, 11) is 3.18. The molecule has 0 radical (unpaired) electrons. The van der Waals surface area contributed by atoms with Crippen molar-refractivity contribution >= 4 is 39.7 Å². The summed E-state index contributed by atoms with van der Waals surface area (Å²) < 4.78 is 10.6. The lowest BCUT2D eigenvalue weighted by Crippen LogP contribution is -2.36. The molecule has 1 aromatic heterocycles. The Kier molecular flexibility index (Phi) is 4.15. The van der Waals surface area contributed by atoms with Gasteiger partial charge in [-0.05, 0) is 31.2 Å². The highest BCUT2D eigenvalue weighted by Gasteiger charge is 2.22. The van der Waals surface area contributed by atoms with E-state index in [0.29, 0.717) is 23.0 Å². The first-order valence-electron chi connectivity index (χ1n) is 8.44. The van der Waals surface area contributed by atoms with Crippen molar-refractivity contribution in [1.82, 2.24) is 9.97 Å². The van der Waals surface area contributed by atoms with Crippen LogP contribution in [-0.4, -0.2) is 36.1 Å². The average molecular weight is 365 g/mol. The number of fused-ring (bicyclic) bond motifs is 2. The predicted octanol–water partition coefficient (Wildman–Crippen LogP) is 3.14. The first-order chi connectivity index (χ1) is 13.1. The summed E-state index contributed by atoms with van der Waals surface area (Å²) >= 11 is 0. The third kappa shape index (κ3) is 3.05. The Hall–Kier alpha value is -3.55. The van der Waals surface area contributed by atoms with E-state index in [-0.39, 0.29) is 11.9 Å². The number of nitrogens with zero attached hydrogens (tertiary/aromatic N) is 2. The molecule has 1 aliphatic heterocycles. The van der Waals surface area contributed by atoms with E-state index in [2.05, 4.69) is 25.9 Å². The minimum absolute atomic E-state index is 0.0758. The summed E-state index contributed by atoms with van der Waals surface area (Å²) in [6.45, 7) is 1.81. The van der Waals surface area contributed by atoms with Crippen LogP contribution in [0, 0.1) is 0 Å². The van der Waals surface area contributed by atoms with Gasteiger partial charge in [-0.25, -0.2) is 9.97 Å². The molecule has 8 nitrogen and oxygen atoms in total. The molecule has 4 rings (SSSR count). The lowest BCUT2D eigenvalue weighted by Gasteiger charge is -2.24. The van der Waals surface area contributed by atoms with Crippen LogP contribution in [0.2, 0.25) is 0 Å². The zero-order valence-corrected chi connectivity index (χ0v) is 15.2. The van der Waals surface area contributed by atoms with Gasteiger partial charge in [-0.2, -0.15) is 0 Å². The van der Waals surface area contributed by atoms with Gasteiger partial charge in [0.2, 0.25) is 5.91 Å². The van der Waals surface area contributed by atoms with Crippen molar-refractivity contribution in [2.24, 2.45) is 0 Å². The molecular weight excluding hydrogens is 346 g/mol. The Balaban J connectivity index is 1.74. The lowest BCUT2D eigenvalue weighted by molar-refractivity contribution is -0.116. The topological polar surface area (TPSA) is 97.4 Å². The number of nitrogens with one attached hydrogen (secondary N) is 3. The first kappa shape index (κ1) is 16.9. The van der Waals surface area contributed by atoms with Gasteiger partial charge in [0.25, 0.3) is 0 Å². The van der Waals surface area contributed by atoms with Crippen molar-refractivity contribution in [1.29, 1.82) is 0 Å². The van der Waals surface area contributed by atoms with Gasteiger partial charge in [0.1, 0.15) is 18.2 Å². The van der Waals surface area contributed by atoms with E-state index in [9.17, 15) is 4.79 Å². The molecule has 1 atom stereocenters. The fourth-order valence-corrected chi connectivity index (χ4v) is 3.02. The number of aromatic nitrogens is 2. The van der Waals surface area contributed by atoms with Gasteiger partial charge in [0.05, 0.1) is 31.1 Å². The molecule has 1 aliphatic rings. The van der Waals surface area contributed by atoms with E-state index in [4.69, 9.17) is 9.47 Å². The van der Waals surface area contributed by atoms with E-state index in [1.807, 2.05) is 37.3 Å². The highest BCUT2D eigenvalue weighted by molar-refractivity contribution is 6.07. The van der Waals surface area contributed by atoms with Crippen molar-refractivity contribution in [3.63, 3.8) is 0 Å². The maximum Gasteiger partial charge on any atom is 0.246 e. The standard InChI is InChI=1S/C19H19N5O3/c1-10-19(25)24-14-7-12-13(8-15(14)22-10)20-9-21-18(12)23-11-4-5-16(26-2)17(6-11)27-3/h4-10,22H,1-3H3,(H,24,25)(H,20,21,23)/t10-/m0/s1. The lowest BCUT2D eigenvalue weighted by atomic mass is 10.1. The number of hydrogen-bond acceptors (Lipinski definition) is 7. The molecule has 27 heavy (non-hydrogen) atoms. The first-order valence-corrected chi connectivity index (χ1v) is 8.44. The van der Waals surface area contributed by atoms with Gasteiger partial charge in [-0.3, -0.25) is 4.79 Å². The van der Waals surface area contributed by atoms with E-state index in [1.54, 1.807) is 14.2 Å². The third-order valence-corrected chi connectivity index (χ3v) is 4.44. The van der Waals surface area contributed by atoms with Crippen LogP contribution in [0.25, 0.3) is 10.9 Å². The van der Waals surface area contributed by atoms with Crippen molar-refractivity contribution in [3.8, 4) is 11.5 Å². The van der Waals surface area contributed by atoms with Crippen LogP contribution in [0.3, 0.4) is 0 Å². The normalized spacial score (nSPS) is 15.5. The summed E-state index contributed by atoms with van der Waals surface area (Å²) in [6.07, 6.45) is 1.50. The summed E-state index contributed by atoms with van der Waals surface area (Å²) in [5.74, 6) is 1.81. The minimum atomic E-state index is -0.291. The number of anilines is 4. The fourth-order valence-electron chi connectivity index (χ4n) is 3.02. The smallest absolute Gasteiger partial charge is 0.246 e. The van der Waals surface area contributed by atoms with Gasteiger partial charge >= 0.3 is 0 Å². The Bertz CT molecular complexity index is 1040. The second-order valence-corrected chi connectivity index (χ2v) is 6.19. The van der Waals surface area contributed by atoms with Gasteiger partial charge in [0, 0.05) is 17.1 Å². The third-order valence-electron chi connectivity index (χ3n) is 4.44. The molecule has 3 aromatic rings. The summed E-state index contributed by atoms with van der Waals surface area (Å²) in [6, 6.07) is 9.00. The van der Waals surface area contributed by atoms with Gasteiger partial charge < -0.3 is 25.4 Å². The van der Waals surface area contributed by atoms with Crippen LogP contribution in [0.15, 0.2) is 36.7 Å². The fraction of sp³-hybridized carbons (Fsp3) is 0.211. The number of ether oxygens (including phenoxy) is 2. The van der Waals surface area contributed by atoms with Crippen LogP contribution in [-0.2, 0) is 4.79 Å². The van der Waals surface area contributed by atoms with Gasteiger partial charge in [-0.15, -0.1) is 0 Å². The molecule has 2 heterocycles. The van der Waals surface area contributed by atoms with Crippen molar-refractivity contribution in [2.45, 2.75) is 13.0 Å². The monoisotopic (exact) mass is 365 g/mol. The predicted molar refractivity (Wildman–Crippen MR) is 104 cm³/mol. The largest absolute Gasteiger partial charge is 0.493 e. The summed E-state index contributed by atoms with van der Waals surface area (Å²) in [5, 5.41) is 10.2. The summed E-state index contributed by atoms with van der Waals surface area (Å²) in [4.78, 5) is 20.7. The molecule has 0 bridgehead atoms. The van der Waals surface area contributed by atoms with E-state index >= 15 is 0 Å². The Morgan fingerprint density at radius 1 is 1.04 bits per heavy atom. The second-order valence-electron chi connectivity index (χ2n) is 6.19. The molecule has 0 fully saturated rings. The number of methoxy groups -OCH3 is 2. The molecular formula is C19H19N5O3. The molecule has 3 N–H and O–H groups in total. The second kappa shape index (κ2) is 6.64. The molecule has 0 aliphatic carbocycles. The number of rotatable bonds is 4. The van der Waals surface area contributed by atoms with Crippen molar-refractivity contribution in [3.05, 3.63) is 36.7 Å². The number of benzene rings is 2. The highest BCUT2D eigenvalue weighted by Crippen LogP contribution is 2.35. The van der Waals surface area contributed by atoms with Gasteiger partial charge in [-0.1, -0.05) is 0 Å². The maximum atomic E-state index is 12.0. The highest BCUT2D eigenvalue weighted by atomic mass is 16.5. The van der Waals surface area contributed by atoms with Gasteiger partial charge in [0.15, 0.2) is 11.5 Å². The molecule has 2 aromatic carbocycles. The Morgan fingerprint density at radius 2 is 1.85 bits per heavy atom. The zero-order chi connectivity index (χ0) is 19.0. The number of carbonyl (C=O) groups is 1. The number of carbonyl (C=O) groups excluding carboxylic acids is 1. The molecule has 0 saturated carbocycles.